The topological polar surface area (TPSA) is 107 Å². The van der Waals surface area contributed by atoms with Gasteiger partial charge in [-0.3, -0.25) is 0 Å². The Morgan fingerprint density at radius 2 is 2.13 bits per heavy atom. The average Bonchev–Trinajstić information content (AvgIpc) is 3.27. The molecule has 9 nitrogen and oxygen atoms in total. The Morgan fingerprint density at radius 1 is 1.30 bits per heavy atom. The van der Waals surface area contributed by atoms with Crippen LogP contribution in [0.1, 0.15) is 24.5 Å². The molecule has 2 N–H and O–H groups in total. The maximum atomic E-state index is 12.9. The molecule has 1 aliphatic rings. The fourth-order valence-corrected chi connectivity index (χ4v) is 3.12. The number of amides is 1. The predicted molar refractivity (Wildman–Crippen MR) is 103 cm³/mol. The van der Waals surface area contributed by atoms with Gasteiger partial charge in [-0.25, -0.2) is 28.2 Å². The first-order valence-corrected chi connectivity index (χ1v) is 9.17. The highest BCUT2D eigenvalue weighted by Crippen LogP contribution is 2.25. The SMILES string of the molecule is Cc1cc(Nc2cc(C(F)F)ccn2)nc(-c2cn(C[C@@]3(C)CNC(=O)O3)nn2)c1. The smallest absolute Gasteiger partial charge is 0.407 e. The molecular formula is C19H19F2N7O2. The number of aryl methyl sites for hydroxylation is 1. The molecule has 0 aliphatic carbocycles. The quantitative estimate of drug-likeness (QED) is 0.637. The maximum absolute atomic E-state index is 12.9. The number of alkyl halides is 2. The third-order valence-electron chi connectivity index (χ3n) is 4.51. The summed E-state index contributed by atoms with van der Waals surface area (Å²) >= 11 is 0. The van der Waals surface area contributed by atoms with Crippen LogP contribution in [0.5, 0.6) is 0 Å². The van der Waals surface area contributed by atoms with Crippen LogP contribution in [-0.2, 0) is 11.3 Å². The van der Waals surface area contributed by atoms with Crippen LogP contribution in [0.2, 0.25) is 0 Å². The third-order valence-corrected chi connectivity index (χ3v) is 4.51. The van der Waals surface area contributed by atoms with Crippen LogP contribution in [0.3, 0.4) is 0 Å². The van der Waals surface area contributed by atoms with E-state index in [1.54, 1.807) is 23.9 Å². The number of rotatable bonds is 6. The molecule has 0 radical (unpaired) electrons. The highest BCUT2D eigenvalue weighted by molar-refractivity contribution is 5.70. The Bertz CT molecular complexity index is 1090. The Labute approximate surface area is 170 Å². The number of hydrogen-bond acceptors (Lipinski definition) is 7. The van der Waals surface area contributed by atoms with Gasteiger partial charge in [0.15, 0.2) is 0 Å². The molecule has 0 saturated carbocycles. The number of ether oxygens (including phenoxy) is 1. The summed E-state index contributed by atoms with van der Waals surface area (Å²) < 4.78 is 32.7. The Balaban J connectivity index is 1.54. The normalized spacial score (nSPS) is 18.4. The molecule has 0 aromatic carbocycles. The van der Waals surface area contributed by atoms with E-state index in [4.69, 9.17) is 4.74 Å². The number of carbonyl (C=O) groups excluding carboxylic acids is 1. The first-order valence-electron chi connectivity index (χ1n) is 9.17. The fourth-order valence-electron chi connectivity index (χ4n) is 3.12. The van der Waals surface area contributed by atoms with Gasteiger partial charge in [0, 0.05) is 11.8 Å². The summed E-state index contributed by atoms with van der Waals surface area (Å²) in [5.74, 6) is 0.711. The van der Waals surface area contributed by atoms with Gasteiger partial charge in [0.05, 0.1) is 25.0 Å². The minimum atomic E-state index is -2.58. The van der Waals surface area contributed by atoms with Crippen molar-refractivity contribution in [3.8, 4) is 11.4 Å². The first-order chi connectivity index (χ1) is 14.3. The van der Waals surface area contributed by atoms with Crippen molar-refractivity contribution in [2.45, 2.75) is 32.4 Å². The molecule has 3 aromatic heterocycles. The average molecular weight is 415 g/mol. The van der Waals surface area contributed by atoms with Crippen molar-refractivity contribution in [2.24, 2.45) is 0 Å². The number of halogens is 2. The van der Waals surface area contributed by atoms with Crippen molar-refractivity contribution in [3.63, 3.8) is 0 Å². The Hall–Kier alpha value is -3.63. The Morgan fingerprint density at radius 3 is 2.87 bits per heavy atom. The highest BCUT2D eigenvalue weighted by atomic mass is 19.3. The molecule has 1 amide bonds. The molecule has 0 unspecified atom stereocenters. The van der Waals surface area contributed by atoms with Crippen LogP contribution in [0, 0.1) is 6.92 Å². The van der Waals surface area contributed by atoms with Crippen molar-refractivity contribution in [1.29, 1.82) is 0 Å². The summed E-state index contributed by atoms with van der Waals surface area (Å²) in [7, 11) is 0. The standard InChI is InChI=1S/C19H19F2N7O2/c1-11-5-13(14-8-28(27-26-14)10-19(2)9-23-18(29)30-19)24-16(6-11)25-15-7-12(17(20)21)3-4-22-15/h3-8,17H,9-10H2,1-2H3,(H,23,29)(H,22,24,25)/t19-/m1/s1. The van der Waals surface area contributed by atoms with Gasteiger partial charge in [0.2, 0.25) is 0 Å². The molecule has 0 bridgehead atoms. The highest BCUT2D eigenvalue weighted by Gasteiger charge is 2.36. The molecule has 0 spiro atoms. The first kappa shape index (κ1) is 19.7. The van der Waals surface area contributed by atoms with Gasteiger partial charge in [-0.1, -0.05) is 5.21 Å². The lowest BCUT2D eigenvalue weighted by Crippen LogP contribution is -2.34. The molecule has 4 heterocycles. The molecule has 3 aromatic rings. The van der Waals surface area contributed by atoms with E-state index in [-0.39, 0.29) is 11.4 Å². The molecule has 156 valence electrons. The van der Waals surface area contributed by atoms with Crippen LogP contribution in [-0.4, -0.2) is 43.2 Å². The number of carbonyl (C=O) groups is 1. The monoisotopic (exact) mass is 415 g/mol. The van der Waals surface area contributed by atoms with Crippen LogP contribution in [0.15, 0.2) is 36.7 Å². The molecule has 30 heavy (non-hydrogen) atoms. The Kier molecular flexibility index (Phi) is 5.02. The summed E-state index contributed by atoms with van der Waals surface area (Å²) in [5, 5.41) is 13.8. The summed E-state index contributed by atoms with van der Waals surface area (Å²) in [5.41, 5.74) is 1.13. The van der Waals surface area contributed by atoms with E-state index in [1.807, 2.05) is 13.0 Å². The number of anilines is 2. The van der Waals surface area contributed by atoms with Crippen molar-refractivity contribution >= 4 is 17.7 Å². The largest absolute Gasteiger partial charge is 0.439 e. The van der Waals surface area contributed by atoms with E-state index in [2.05, 4.69) is 30.9 Å². The molecule has 11 heteroatoms. The van der Waals surface area contributed by atoms with Gasteiger partial charge in [-0.2, -0.15) is 0 Å². The summed E-state index contributed by atoms with van der Waals surface area (Å²) in [6, 6.07) is 6.15. The van der Waals surface area contributed by atoms with Crippen molar-refractivity contribution in [2.75, 3.05) is 11.9 Å². The van der Waals surface area contributed by atoms with Gasteiger partial charge in [0.25, 0.3) is 6.43 Å². The lowest BCUT2D eigenvalue weighted by atomic mass is 10.1. The summed E-state index contributed by atoms with van der Waals surface area (Å²) in [6.07, 6.45) is -0.0185. The molecule has 1 aliphatic heterocycles. The van der Waals surface area contributed by atoms with Gasteiger partial charge in [-0.05, 0) is 43.7 Å². The second kappa shape index (κ2) is 7.65. The molecule has 1 fully saturated rings. The molecule has 1 atom stereocenters. The number of alkyl carbamates (subject to hydrolysis) is 1. The fraction of sp³-hybridized carbons (Fsp3) is 0.316. The minimum absolute atomic E-state index is 0.126. The number of nitrogens with zero attached hydrogens (tertiary/aromatic N) is 5. The van der Waals surface area contributed by atoms with Crippen LogP contribution < -0.4 is 10.6 Å². The number of hydrogen-bond donors (Lipinski definition) is 2. The number of nitrogens with one attached hydrogen (secondary N) is 2. The van der Waals surface area contributed by atoms with E-state index >= 15 is 0 Å². The number of cyclic esters (lactones) is 1. The van der Waals surface area contributed by atoms with Crippen LogP contribution >= 0.6 is 0 Å². The van der Waals surface area contributed by atoms with Gasteiger partial charge < -0.3 is 15.4 Å². The van der Waals surface area contributed by atoms with Gasteiger partial charge >= 0.3 is 6.09 Å². The molecular weight excluding hydrogens is 396 g/mol. The van der Waals surface area contributed by atoms with E-state index < -0.39 is 18.1 Å². The maximum Gasteiger partial charge on any atom is 0.407 e. The second-order valence-electron chi connectivity index (χ2n) is 7.31. The zero-order chi connectivity index (χ0) is 21.3. The van der Waals surface area contributed by atoms with Crippen LogP contribution in [0.25, 0.3) is 11.4 Å². The van der Waals surface area contributed by atoms with E-state index in [0.29, 0.717) is 30.3 Å². The lowest BCUT2D eigenvalue weighted by molar-refractivity contribution is 0.0545. The van der Waals surface area contributed by atoms with Crippen LogP contribution in [0.4, 0.5) is 25.2 Å². The zero-order valence-electron chi connectivity index (χ0n) is 16.3. The third kappa shape index (κ3) is 4.34. The van der Waals surface area contributed by atoms with Gasteiger partial charge in [-0.15, -0.1) is 5.10 Å². The van der Waals surface area contributed by atoms with E-state index in [9.17, 15) is 13.6 Å². The van der Waals surface area contributed by atoms with Crippen molar-refractivity contribution < 1.29 is 18.3 Å². The van der Waals surface area contributed by atoms with E-state index in [1.165, 1.54) is 18.3 Å². The van der Waals surface area contributed by atoms with Crippen molar-refractivity contribution in [3.05, 3.63) is 47.8 Å². The molecule has 4 rings (SSSR count). The van der Waals surface area contributed by atoms with Crippen molar-refractivity contribution in [1.82, 2.24) is 30.3 Å². The predicted octanol–water partition coefficient (Wildman–Crippen LogP) is 3.22. The number of pyridine rings is 2. The lowest BCUT2D eigenvalue weighted by Gasteiger charge is -2.19. The zero-order valence-corrected chi connectivity index (χ0v) is 16.3. The minimum Gasteiger partial charge on any atom is -0.439 e. The summed E-state index contributed by atoms with van der Waals surface area (Å²) in [6.45, 7) is 4.40. The van der Waals surface area contributed by atoms with Gasteiger partial charge in [0.1, 0.15) is 22.9 Å². The summed E-state index contributed by atoms with van der Waals surface area (Å²) in [4.78, 5) is 19.9. The second-order valence-corrected chi connectivity index (χ2v) is 7.31. The molecule has 1 saturated heterocycles. The number of aromatic nitrogens is 5. The van der Waals surface area contributed by atoms with E-state index in [0.717, 1.165) is 5.56 Å².